The molecule has 0 atom stereocenters. The summed E-state index contributed by atoms with van der Waals surface area (Å²) in [4.78, 5) is 19.4. The predicted molar refractivity (Wildman–Crippen MR) is 114 cm³/mol. The molecule has 4 heterocycles. The summed E-state index contributed by atoms with van der Waals surface area (Å²) in [6, 6.07) is 1.22. The minimum atomic E-state index is -0.627. The molecule has 0 amide bonds. The van der Waals surface area contributed by atoms with Crippen LogP contribution in [0.3, 0.4) is 0 Å². The van der Waals surface area contributed by atoms with Gasteiger partial charge in [-0.25, -0.2) is 19.9 Å². The van der Waals surface area contributed by atoms with Gasteiger partial charge < -0.3 is 15.8 Å². The minimum Gasteiger partial charge on any atom is -0.382 e. The number of ether oxygens (including phenoxy) is 1. The Hall–Kier alpha value is -2.62. The number of nitrogens with one attached hydrogen (secondary N) is 1. The number of aromatic nitrogens is 5. The van der Waals surface area contributed by atoms with Crippen LogP contribution < -0.4 is 11.1 Å². The summed E-state index contributed by atoms with van der Waals surface area (Å²) in [7, 11) is 0. The summed E-state index contributed by atoms with van der Waals surface area (Å²) in [6.45, 7) is 2.29. The quantitative estimate of drug-likeness (QED) is 0.574. The van der Waals surface area contributed by atoms with E-state index in [2.05, 4.69) is 30.2 Å². The maximum absolute atomic E-state index is 13.3. The van der Waals surface area contributed by atoms with Gasteiger partial charge in [0.2, 0.25) is 5.95 Å². The van der Waals surface area contributed by atoms with E-state index in [4.69, 9.17) is 33.7 Å². The van der Waals surface area contributed by atoms with Gasteiger partial charge in [-0.3, -0.25) is 4.98 Å². The molecule has 4 rings (SSSR count). The maximum Gasteiger partial charge on any atom is 0.213 e. The van der Waals surface area contributed by atoms with Crippen LogP contribution in [0.25, 0.3) is 11.3 Å². The Morgan fingerprint density at radius 3 is 2.57 bits per heavy atom. The highest BCUT2D eigenvalue weighted by Crippen LogP contribution is 2.28. The van der Waals surface area contributed by atoms with Crippen LogP contribution in [0.1, 0.15) is 12.8 Å². The van der Waals surface area contributed by atoms with E-state index in [1.54, 1.807) is 12.4 Å². The summed E-state index contributed by atoms with van der Waals surface area (Å²) >= 11 is 12.1. The summed E-state index contributed by atoms with van der Waals surface area (Å²) < 4.78 is 18.7. The molecule has 0 bridgehead atoms. The van der Waals surface area contributed by atoms with Crippen molar-refractivity contribution in [1.82, 2.24) is 24.9 Å². The Labute approximate surface area is 183 Å². The first kappa shape index (κ1) is 22.1. The van der Waals surface area contributed by atoms with Gasteiger partial charge in [0.1, 0.15) is 5.82 Å². The topological polar surface area (TPSA) is 112 Å². The lowest BCUT2D eigenvalue weighted by Gasteiger charge is -2.22. The van der Waals surface area contributed by atoms with Crippen molar-refractivity contribution in [3.63, 3.8) is 0 Å². The van der Waals surface area contributed by atoms with E-state index in [1.807, 2.05) is 0 Å². The number of pyridine rings is 1. The van der Waals surface area contributed by atoms with Crippen LogP contribution in [0.5, 0.6) is 0 Å². The van der Waals surface area contributed by atoms with Crippen LogP contribution in [-0.4, -0.2) is 44.7 Å². The van der Waals surface area contributed by atoms with Crippen LogP contribution in [0.2, 0.25) is 10.2 Å². The van der Waals surface area contributed by atoms with Crippen molar-refractivity contribution in [2.24, 2.45) is 5.92 Å². The Morgan fingerprint density at radius 2 is 1.90 bits per heavy atom. The normalized spacial score (nSPS) is 14.0. The number of hydrogen-bond acceptors (Lipinski definition) is 8. The molecule has 8 nitrogen and oxygen atoms in total. The molecule has 30 heavy (non-hydrogen) atoms. The van der Waals surface area contributed by atoms with E-state index in [1.165, 1.54) is 24.7 Å². The molecule has 0 unspecified atom stereocenters. The van der Waals surface area contributed by atoms with E-state index in [9.17, 15) is 4.39 Å². The highest BCUT2D eigenvalue weighted by molar-refractivity contribution is 6.33. The van der Waals surface area contributed by atoms with Gasteiger partial charge in [0.05, 0.1) is 23.1 Å². The first-order valence-electron chi connectivity index (χ1n) is 9.20. The number of hydrogen-bond donors (Lipinski definition) is 2. The standard InChI is InChI=1S/C15H15Cl2FN4O.C4H5N3/c16-11-7-19-13(18)5-10(11)12-8-20-14(17)15(22-12)21-6-9-1-3-23-4-2-9;5-4-3-6-1-2-7-4/h5,7-9H,1-4,6H2,(H,21,22);1-3H,(H2,5,7). The molecule has 1 fully saturated rings. The van der Waals surface area contributed by atoms with Crippen molar-refractivity contribution in [1.29, 1.82) is 0 Å². The lowest BCUT2D eigenvalue weighted by atomic mass is 10.0. The lowest BCUT2D eigenvalue weighted by Crippen LogP contribution is -2.23. The van der Waals surface area contributed by atoms with Crippen molar-refractivity contribution >= 4 is 34.8 Å². The Balaban J connectivity index is 0.000000310. The molecule has 158 valence electrons. The predicted octanol–water partition coefficient (Wildman–Crippen LogP) is 3.88. The largest absolute Gasteiger partial charge is 0.382 e. The molecule has 1 aliphatic rings. The third-order valence-electron chi connectivity index (χ3n) is 4.31. The Bertz CT molecular complexity index is 959. The fourth-order valence-corrected chi connectivity index (χ4v) is 3.09. The maximum atomic E-state index is 13.3. The van der Waals surface area contributed by atoms with E-state index < -0.39 is 5.95 Å². The molecule has 11 heteroatoms. The molecule has 0 aromatic carbocycles. The van der Waals surface area contributed by atoms with E-state index in [0.717, 1.165) is 32.6 Å². The van der Waals surface area contributed by atoms with Crippen LogP contribution in [0.15, 0.2) is 37.1 Å². The smallest absolute Gasteiger partial charge is 0.213 e. The molecular formula is C19H20Cl2FN7O. The number of nitrogens with two attached hydrogens (primary N) is 1. The van der Waals surface area contributed by atoms with Crippen molar-refractivity contribution in [2.45, 2.75) is 12.8 Å². The third-order valence-corrected chi connectivity index (χ3v) is 4.89. The monoisotopic (exact) mass is 451 g/mol. The number of rotatable bonds is 4. The van der Waals surface area contributed by atoms with Crippen LogP contribution >= 0.6 is 23.2 Å². The zero-order valence-electron chi connectivity index (χ0n) is 15.9. The number of nitrogens with zero attached hydrogens (tertiary/aromatic N) is 5. The SMILES string of the molecule is Fc1cc(-c2cnc(Cl)c(NCC3CCOCC3)n2)c(Cl)cn1.Nc1cnccn1. The van der Waals surface area contributed by atoms with Crippen LogP contribution in [0, 0.1) is 11.9 Å². The molecule has 0 saturated carbocycles. The molecule has 0 aliphatic carbocycles. The second-order valence-electron chi connectivity index (χ2n) is 6.45. The number of anilines is 2. The average molecular weight is 452 g/mol. The summed E-state index contributed by atoms with van der Waals surface area (Å²) in [5, 5.41) is 3.79. The van der Waals surface area contributed by atoms with Gasteiger partial charge in [-0.1, -0.05) is 23.2 Å². The highest BCUT2D eigenvalue weighted by atomic mass is 35.5. The van der Waals surface area contributed by atoms with Gasteiger partial charge in [-0.2, -0.15) is 4.39 Å². The van der Waals surface area contributed by atoms with E-state index in [-0.39, 0.29) is 5.15 Å². The van der Waals surface area contributed by atoms with Crippen molar-refractivity contribution in [2.75, 3.05) is 30.8 Å². The third kappa shape index (κ3) is 6.45. The second-order valence-corrected chi connectivity index (χ2v) is 7.21. The van der Waals surface area contributed by atoms with Crippen molar-refractivity contribution in [3.05, 3.63) is 53.2 Å². The van der Waals surface area contributed by atoms with Gasteiger partial charge in [0.15, 0.2) is 11.0 Å². The molecule has 3 N–H and O–H groups in total. The van der Waals surface area contributed by atoms with E-state index >= 15 is 0 Å². The fraction of sp³-hybridized carbons (Fsp3) is 0.316. The number of halogens is 3. The van der Waals surface area contributed by atoms with E-state index in [0.29, 0.717) is 33.8 Å². The fourth-order valence-electron chi connectivity index (χ4n) is 2.73. The molecule has 1 aliphatic heterocycles. The van der Waals surface area contributed by atoms with Gasteiger partial charge in [-0.05, 0) is 18.8 Å². The van der Waals surface area contributed by atoms with Crippen molar-refractivity contribution in [3.8, 4) is 11.3 Å². The van der Waals surface area contributed by atoms with Gasteiger partial charge in [0.25, 0.3) is 0 Å². The first-order chi connectivity index (χ1) is 14.5. The summed E-state index contributed by atoms with van der Waals surface area (Å²) in [6.07, 6.45) is 9.34. The molecule has 0 radical (unpaired) electrons. The second kappa shape index (κ2) is 11.0. The Kier molecular flexibility index (Phi) is 8.06. The summed E-state index contributed by atoms with van der Waals surface area (Å²) in [5.74, 6) is 0.802. The highest BCUT2D eigenvalue weighted by Gasteiger charge is 2.16. The van der Waals surface area contributed by atoms with Gasteiger partial charge in [-0.15, -0.1) is 0 Å². The zero-order valence-corrected chi connectivity index (χ0v) is 17.4. The zero-order chi connectivity index (χ0) is 21.3. The van der Waals surface area contributed by atoms with Crippen LogP contribution in [0.4, 0.5) is 16.0 Å². The molecule has 3 aromatic heterocycles. The van der Waals surface area contributed by atoms with Crippen LogP contribution in [-0.2, 0) is 4.74 Å². The number of nitrogen functional groups attached to an aromatic ring is 1. The lowest BCUT2D eigenvalue weighted by molar-refractivity contribution is 0.0699. The molecular weight excluding hydrogens is 432 g/mol. The minimum absolute atomic E-state index is 0.270. The average Bonchev–Trinajstić information content (AvgIpc) is 2.77. The molecule has 0 spiro atoms. The Morgan fingerprint density at radius 1 is 1.10 bits per heavy atom. The first-order valence-corrected chi connectivity index (χ1v) is 9.95. The summed E-state index contributed by atoms with van der Waals surface area (Å²) in [5.41, 5.74) is 6.05. The molecule has 1 saturated heterocycles. The van der Waals surface area contributed by atoms with Gasteiger partial charge >= 0.3 is 0 Å². The molecule has 3 aromatic rings. The van der Waals surface area contributed by atoms with Gasteiger partial charge in [0, 0.05) is 50.0 Å². The van der Waals surface area contributed by atoms with Crippen molar-refractivity contribution < 1.29 is 9.13 Å².